The topological polar surface area (TPSA) is 63.7 Å². The van der Waals surface area contributed by atoms with Gasteiger partial charge in [-0.3, -0.25) is 9.78 Å². The first-order valence-corrected chi connectivity index (χ1v) is 9.46. The van der Waals surface area contributed by atoms with Gasteiger partial charge in [0.1, 0.15) is 6.61 Å². The molecule has 3 rings (SSSR count). The van der Waals surface area contributed by atoms with Gasteiger partial charge in [0.15, 0.2) is 11.5 Å². The fourth-order valence-corrected chi connectivity index (χ4v) is 3.25. The molecule has 1 amide bonds. The van der Waals surface area contributed by atoms with Crippen LogP contribution < -0.4 is 14.8 Å². The lowest BCUT2D eigenvalue weighted by molar-refractivity contribution is 0.0697. The van der Waals surface area contributed by atoms with E-state index >= 15 is 0 Å². The summed E-state index contributed by atoms with van der Waals surface area (Å²) in [6.07, 6.45) is 5.62. The first-order valence-electron chi connectivity index (χ1n) is 9.46. The normalized spacial score (nSPS) is 15.7. The average molecular weight is 442 g/mol. The number of rotatable bonds is 7. The average Bonchev–Trinajstić information content (AvgIpc) is 2.73. The maximum Gasteiger partial charge on any atom is 0.254 e. The monoisotopic (exact) mass is 441 g/mol. The van der Waals surface area contributed by atoms with Crippen LogP contribution in [0.15, 0.2) is 42.7 Å². The molecular formula is C21H29Cl2N3O3. The molecule has 0 bridgehead atoms. The Morgan fingerprint density at radius 1 is 1.24 bits per heavy atom. The van der Waals surface area contributed by atoms with Crippen LogP contribution in [0.25, 0.3) is 0 Å². The number of piperidine rings is 1. The molecule has 2 aromatic rings. The summed E-state index contributed by atoms with van der Waals surface area (Å²) in [7, 11) is 1.94. The van der Waals surface area contributed by atoms with E-state index in [1.807, 2.05) is 43.1 Å². The third-order valence-corrected chi connectivity index (χ3v) is 4.72. The van der Waals surface area contributed by atoms with Crippen LogP contribution in [0.5, 0.6) is 11.5 Å². The number of likely N-dealkylation sites (tertiary alicyclic amines) is 1. The van der Waals surface area contributed by atoms with Crippen molar-refractivity contribution >= 4 is 30.7 Å². The number of hydrogen-bond acceptors (Lipinski definition) is 5. The van der Waals surface area contributed by atoms with Crippen LogP contribution >= 0.6 is 24.8 Å². The van der Waals surface area contributed by atoms with Crippen LogP contribution in [0, 0.1) is 0 Å². The first kappa shape index (κ1) is 25.0. The molecule has 1 aliphatic heterocycles. The Labute approximate surface area is 184 Å². The van der Waals surface area contributed by atoms with Gasteiger partial charge < -0.3 is 19.7 Å². The fourth-order valence-electron chi connectivity index (χ4n) is 3.25. The Hall–Kier alpha value is -2.02. The molecule has 1 aromatic carbocycles. The molecule has 6 nitrogen and oxygen atoms in total. The van der Waals surface area contributed by atoms with Crippen molar-refractivity contribution in [1.82, 2.24) is 15.2 Å². The number of hydrogen-bond donors (Lipinski definition) is 1. The number of carbonyl (C=O) groups excluding carboxylic acids is 1. The van der Waals surface area contributed by atoms with Crippen LogP contribution in [0.2, 0.25) is 0 Å². The van der Waals surface area contributed by atoms with Gasteiger partial charge in [0.25, 0.3) is 5.91 Å². The molecule has 1 unspecified atom stereocenters. The van der Waals surface area contributed by atoms with Gasteiger partial charge in [0.2, 0.25) is 0 Å². The molecule has 0 radical (unpaired) electrons. The smallest absolute Gasteiger partial charge is 0.254 e. The molecule has 1 atom stereocenters. The van der Waals surface area contributed by atoms with Gasteiger partial charge in [-0.15, -0.1) is 24.8 Å². The number of aromatic nitrogens is 1. The van der Waals surface area contributed by atoms with E-state index in [2.05, 4.69) is 10.3 Å². The summed E-state index contributed by atoms with van der Waals surface area (Å²) in [5, 5.41) is 3.27. The number of carbonyl (C=O) groups is 1. The van der Waals surface area contributed by atoms with E-state index in [0.717, 1.165) is 31.5 Å². The van der Waals surface area contributed by atoms with Crippen molar-refractivity contribution in [3.8, 4) is 11.5 Å². The second-order valence-corrected chi connectivity index (χ2v) is 6.62. The minimum Gasteiger partial charge on any atom is -0.490 e. The van der Waals surface area contributed by atoms with E-state index in [4.69, 9.17) is 9.47 Å². The van der Waals surface area contributed by atoms with E-state index in [0.29, 0.717) is 36.3 Å². The summed E-state index contributed by atoms with van der Waals surface area (Å²) >= 11 is 0. The summed E-state index contributed by atoms with van der Waals surface area (Å²) in [4.78, 5) is 18.9. The van der Waals surface area contributed by atoms with Gasteiger partial charge >= 0.3 is 0 Å². The molecule has 1 fully saturated rings. The lowest BCUT2D eigenvalue weighted by Gasteiger charge is -2.32. The molecule has 29 heavy (non-hydrogen) atoms. The van der Waals surface area contributed by atoms with Gasteiger partial charge in [-0.25, -0.2) is 0 Å². The van der Waals surface area contributed by atoms with Crippen molar-refractivity contribution in [3.63, 3.8) is 0 Å². The van der Waals surface area contributed by atoms with Gasteiger partial charge in [-0.2, -0.15) is 0 Å². The quantitative estimate of drug-likeness (QED) is 0.708. The van der Waals surface area contributed by atoms with Crippen molar-refractivity contribution in [2.75, 3.05) is 26.7 Å². The fraction of sp³-hybridized carbons (Fsp3) is 0.429. The number of nitrogens with zero attached hydrogens (tertiary/aromatic N) is 2. The van der Waals surface area contributed by atoms with Gasteiger partial charge in [-0.05, 0) is 51.1 Å². The number of likely N-dealkylation sites (N-methyl/N-ethyl adjacent to an activating group) is 1. The third-order valence-electron chi connectivity index (χ3n) is 4.72. The zero-order valence-corrected chi connectivity index (χ0v) is 18.4. The molecule has 1 N–H and O–H groups in total. The van der Waals surface area contributed by atoms with Crippen molar-refractivity contribution in [3.05, 3.63) is 53.9 Å². The predicted molar refractivity (Wildman–Crippen MR) is 119 cm³/mol. The highest BCUT2D eigenvalue weighted by Crippen LogP contribution is 2.30. The highest BCUT2D eigenvalue weighted by atomic mass is 35.5. The van der Waals surface area contributed by atoms with Crippen LogP contribution in [-0.4, -0.2) is 48.6 Å². The maximum absolute atomic E-state index is 12.9. The molecule has 8 heteroatoms. The van der Waals surface area contributed by atoms with Crippen LogP contribution in [0.4, 0.5) is 0 Å². The Morgan fingerprint density at radius 2 is 2.07 bits per heavy atom. The number of benzene rings is 1. The third kappa shape index (κ3) is 6.77. The molecular weight excluding hydrogens is 413 g/mol. The highest BCUT2D eigenvalue weighted by molar-refractivity contribution is 5.95. The second kappa shape index (κ2) is 12.5. The van der Waals surface area contributed by atoms with E-state index in [9.17, 15) is 4.79 Å². The summed E-state index contributed by atoms with van der Waals surface area (Å²) in [6.45, 7) is 4.35. The SMILES string of the molecule is CCOc1cc(C(=O)N2CCCC(NC)C2)ccc1OCc1cccnc1.Cl.Cl. The first-order chi connectivity index (χ1) is 13.2. The number of ether oxygens (including phenoxy) is 2. The molecule has 0 spiro atoms. The maximum atomic E-state index is 12.9. The molecule has 1 aromatic heterocycles. The summed E-state index contributed by atoms with van der Waals surface area (Å²) < 4.78 is 11.6. The zero-order valence-electron chi connectivity index (χ0n) is 16.8. The molecule has 160 valence electrons. The highest BCUT2D eigenvalue weighted by Gasteiger charge is 2.24. The Balaban J connectivity index is 0.00000210. The van der Waals surface area contributed by atoms with E-state index in [-0.39, 0.29) is 30.7 Å². The number of amides is 1. The minimum absolute atomic E-state index is 0. The van der Waals surface area contributed by atoms with Crippen molar-refractivity contribution in [1.29, 1.82) is 0 Å². The standard InChI is InChI=1S/C21H27N3O3.2ClH/c1-3-26-20-12-17(21(25)24-11-5-7-18(14-24)22-2)8-9-19(20)27-15-16-6-4-10-23-13-16;;/h4,6,8-10,12-13,18,22H,3,5,7,11,14-15H2,1-2H3;2*1H. The summed E-state index contributed by atoms with van der Waals surface area (Å²) in [5.74, 6) is 1.26. The lowest BCUT2D eigenvalue weighted by Crippen LogP contribution is -2.46. The Kier molecular flexibility index (Phi) is 10.8. The van der Waals surface area contributed by atoms with Gasteiger partial charge in [-0.1, -0.05) is 6.07 Å². The van der Waals surface area contributed by atoms with Gasteiger partial charge in [0.05, 0.1) is 6.61 Å². The van der Waals surface area contributed by atoms with Crippen molar-refractivity contribution in [2.45, 2.75) is 32.4 Å². The van der Waals surface area contributed by atoms with E-state index in [1.165, 1.54) is 0 Å². The number of nitrogens with one attached hydrogen (secondary N) is 1. The molecule has 1 aliphatic rings. The second-order valence-electron chi connectivity index (χ2n) is 6.62. The lowest BCUT2D eigenvalue weighted by atomic mass is 10.0. The largest absolute Gasteiger partial charge is 0.490 e. The Bertz CT molecular complexity index is 762. The van der Waals surface area contributed by atoms with E-state index < -0.39 is 0 Å². The number of pyridine rings is 1. The molecule has 0 aliphatic carbocycles. The minimum atomic E-state index is 0. The van der Waals surface area contributed by atoms with Gasteiger partial charge in [0, 0.05) is 42.7 Å². The van der Waals surface area contributed by atoms with Crippen molar-refractivity contribution < 1.29 is 14.3 Å². The van der Waals surface area contributed by atoms with Crippen molar-refractivity contribution in [2.24, 2.45) is 0 Å². The Morgan fingerprint density at radius 3 is 2.76 bits per heavy atom. The van der Waals surface area contributed by atoms with Crippen LogP contribution in [-0.2, 0) is 6.61 Å². The number of halogens is 2. The molecule has 2 heterocycles. The van der Waals surface area contributed by atoms with Crippen LogP contribution in [0.1, 0.15) is 35.7 Å². The molecule has 0 saturated carbocycles. The van der Waals surface area contributed by atoms with E-state index in [1.54, 1.807) is 18.5 Å². The zero-order chi connectivity index (χ0) is 19.1. The summed E-state index contributed by atoms with van der Waals surface area (Å²) in [5.41, 5.74) is 1.61. The molecule has 1 saturated heterocycles. The predicted octanol–water partition coefficient (Wildman–Crippen LogP) is 3.73. The van der Waals surface area contributed by atoms with Crippen LogP contribution in [0.3, 0.4) is 0 Å². The summed E-state index contributed by atoms with van der Waals surface area (Å²) in [6, 6.07) is 9.60.